The van der Waals surface area contributed by atoms with Crippen LogP contribution in [0, 0.1) is 13.8 Å². The molecule has 154 valence electrons. The predicted molar refractivity (Wildman–Crippen MR) is 91.8 cm³/mol. The number of hydrogen-bond donors (Lipinski definition) is 2. The number of ether oxygens (including phenoxy) is 2. The molecule has 0 aliphatic heterocycles. The molecule has 0 atom stereocenters. The van der Waals surface area contributed by atoms with Gasteiger partial charge in [0.2, 0.25) is 10.0 Å². The highest BCUT2D eigenvalue weighted by Crippen LogP contribution is 2.16. The van der Waals surface area contributed by atoms with Crippen molar-refractivity contribution in [2.45, 2.75) is 24.9 Å². The maximum absolute atomic E-state index is 12.2. The maximum Gasteiger partial charge on any atom is 0.471 e. The fraction of sp³-hybridized carbons (Fsp3) is 0.562. The Hall–Kier alpha value is -1.69. The fourth-order valence-corrected chi connectivity index (χ4v) is 3.32. The number of sulfonamides is 1. The highest BCUT2D eigenvalue weighted by Gasteiger charge is 2.38. The lowest BCUT2D eigenvalue weighted by Gasteiger charge is -2.11. The van der Waals surface area contributed by atoms with Gasteiger partial charge in [-0.1, -0.05) is 17.7 Å². The third kappa shape index (κ3) is 8.69. The Bertz CT molecular complexity index is 723. The Morgan fingerprint density at radius 3 is 2.19 bits per heavy atom. The predicted octanol–water partition coefficient (Wildman–Crippen LogP) is 1.29. The highest BCUT2D eigenvalue weighted by atomic mass is 32.2. The van der Waals surface area contributed by atoms with Crippen LogP contribution in [0.2, 0.25) is 0 Å². The van der Waals surface area contributed by atoms with Crippen molar-refractivity contribution in [2.75, 3.05) is 39.5 Å². The van der Waals surface area contributed by atoms with Gasteiger partial charge in [-0.25, -0.2) is 13.1 Å². The molecule has 27 heavy (non-hydrogen) atoms. The number of benzene rings is 1. The molecule has 7 nitrogen and oxygen atoms in total. The van der Waals surface area contributed by atoms with E-state index >= 15 is 0 Å². The van der Waals surface area contributed by atoms with Crippen LogP contribution in [-0.2, 0) is 24.3 Å². The minimum Gasteiger partial charge on any atom is -0.378 e. The van der Waals surface area contributed by atoms with Crippen molar-refractivity contribution in [3.05, 3.63) is 29.3 Å². The lowest BCUT2D eigenvalue weighted by Crippen LogP contribution is -2.38. The maximum atomic E-state index is 12.2. The molecule has 0 fully saturated rings. The lowest BCUT2D eigenvalue weighted by atomic mass is 10.2. The van der Waals surface area contributed by atoms with Gasteiger partial charge in [-0.3, -0.25) is 4.79 Å². The number of carbonyl (C=O) groups is 1. The van der Waals surface area contributed by atoms with Gasteiger partial charge in [0.05, 0.1) is 31.3 Å². The van der Waals surface area contributed by atoms with E-state index in [0.29, 0.717) is 5.56 Å². The second-order valence-electron chi connectivity index (χ2n) is 5.65. The van der Waals surface area contributed by atoms with Gasteiger partial charge < -0.3 is 14.8 Å². The number of halogens is 3. The monoisotopic (exact) mass is 412 g/mol. The zero-order valence-corrected chi connectivity index (χ0v) is 15.9. The molecule has 0 saturated carbocycles. The van der Waals surface area contributed by atoms with Crippen molar-refractivity contribution < 1.29 is 35.9 Å². The zero-order valence-electron chi connectivity index (χ0n) is 15.1. The number of rotatable bonds is 11. The van der Waals surface area contributed by atoms with Gasteiger partial charge in [0.1, 0.15) is 0 Å². The molecule has 0 radical (unpaired) electrons. The van der Waals surface area contributed by atoms with Crippen LogP contribution in [0.5, 0.6) is 0 Å². The normalized spacial score (nSPS) is 12.2. The van der Waals surface area contributed by atoms with Gasteiger partial charge in [0, 0.05) is 13.1 Å². The van der Waals surface area contributed by atoms with Crippen molar-refractivity contribution >= 4 is 15.9 Å². The molecule has 0 bridgehead atoms. The molecule has 1 aromatic carbocycles. The summed E-state index contributed by atoms with van der Waals surface area (Å²) in [4.78, 5) is 10.7. The second kappa shape index (κ2) is 10.6. The summed E-state index contributed by atoms with van der Waals surface area (Å²) < 4.78 is 72.7. The SMILES string of the molecule is Cc1ccc(S(=O)(=O)NCCOCCOCCNC(=O)C(F)(F)F)c(C)c1. The van der Waals surface area contributed by atoms with E-state index in [1.165, 1.54) is 0 Å². The Labute approximate surface area is 156 Å². The van der Waals surface area contributed by atoms with E-state index in [4.69, 9.17) is 9.47 Å². The van der Waals surface area contributed by atoms with Crippen LogP contribution in [0.1, 0.15) is 11.1 Å². The Kier molecular flexibility index (Phi) is 9.16. The Balaban J connectivity index is 2.13. The Morgan fingerprint density at radius 2 is 1.63 bits per heavy atom. The van der Waals surface area contributed by atoms with Crippen LogP contribution < -0.4 is 10.0 Å². The molecule has 0 aliphatic carbocycles. The summed E-state index contributed by atoms with van der Waals surface area (Å²) in [6.45, 7) is 3.64. The van der Waals surface area contributed by atoms with Gasteiger partial charge >= 0.3 is 12.1 Å². The van der Waals surface area contributed by atoms with Gasteiger partial charge in [0.25, 0.3) is 0 Å². The van der Waals surface area contributed by atoms with Crippen LogP contribution in [0.25, 0.3) is 0 Å². The first kappa shape index (κ1) is 23.3. The average Bonchev–Trinajstić information content (AvgIpc) is 2.55. The molecule has 11 heteroatoms. The summed E-state index contributed by atoms with van der Waals surface area (Å²) in [5.41, 5.74) is 1.61. The number of aryl methyl sites for hydroxylation is 2. The van der Waals surface area contributed by atoms with Crippen molar-refractivity contribution in [3.63, 3.8) is 0 Å². The van der Waals surface area contributed by atoms with Crippen molar-refractivity contribution in [1.29, 1.82) is 0 Å². The fourth-order valence-electron chi connectivity index (χ4n) is 2.09. The minimum absolute atomic E-state index is 0.0668. The van der Waals surface area contributed by atoms with E-state index in [1.807, 2.05) is 6.92 Å². The van der Waals surface area contributed by atoms with Crippen molar-refractivity contribution in [2.24, 2.45) is 0 Å². The molecule has 0 saturated heterocycles. The van der Waals surface area contributed by atoms with Crippen LogP contribution >= 0.6 is 0 Å². The first-order chi connectivity index (χ1) is 12.5. The van der Waals surface area contributed by atoms with Gasteiger partial charge in [-0.05, 0) is 25.5 Å². The van der Waals surface area contributed by atoms with Crippen LogP contribution in [0.4, 0.5) is 13.2 Å². The van der Waals surface area contributed by atoms with Gasteiger partial charge in [-0.15, -0.1) is 0 Å². The lowest BCUT2D eigenvalue weighted by molar-refractivity contribution is -0.173. The number of amides is 1. The third-order valence-electron chi connectivity index (χ3n) is 3.32. The summed E-state index contributed by atoms with van der Waals surface area (Å²) in [6, 6.07) is 5.03. The highest BCUT2D eigenvalue weighted by molar-refractivity contribution is 7.89. The summed E-state index contributed by atoms with van der Waals surface area (Å²) in [5.74, 6) is -2.02. The number of alkyl halides is 3. The summed E-state index contributed by atoms with van der Waals surface area (Å²) >= 11 is 0. The summed E-state index contributed by atoms with van der Waals surface area (Å²) in [7, 11) is -3.63. The van der Waals surface area contributed by atoms with Crippen molar-refractivity contribution in [3.8, 4) is 0 Å². The smallest absolute Gasteiger partial charge is 0.378 e. The molecule has 0 aliphatic rings. The molecular weight excluding hydrogens is 389 g/mol. The second-order valence-corrected chi connectivity index (χ2v) is 7.38. The van der Waals surface area contributed by atoms with E-state index in [2.05, 4.69) is 4.72 Å². The van der Waals surface area contributed by atoms with Crippen LogP contribution in [0.3, 0.4) is 0 Å². The van der Waals surface area contributed by atoms with E-state index < -0.39 is 22.1 Å². The van der Waals surface area contributed by atoms with E-state index in [0.717, 1.165) is 5.56 Å². The quantitative estimate of drug-likeness (QED) is 0.535. The summed E-state index contributed by atoms with van der Waals surface area (Å²) in [5, 5.41) is 1.67. The molecule has 0 unspecified atom stereocenters. The number of hydrogen-bond acceptors (Lipinski definition) is 5. The Morgan fingerprint density at radius 1 is 1.04 bits per heavy atom. The van der Waals surface area contributed by atoms with Gasteiger partial charge in [0.15, 0.2) is 0 Å². The van der Waals surface area contributed by atoms with Gasteiger partial charge in [-0.2, -0.15) is 13.2 Å². The standard InChI is InChI=1S/C16H23F3N2O5S/c1-12-3-4-14(13(2)11-12)27(23,24)21-6-8-26-10-9-25-7-5-20-15(22)16(17,18)19/h3-4,11,21H,5-10H2,1-2H3,(H,20,22). The van der Waals surface area contributed by atoms with E-state index in [1.54, 1.807) is 30.4 Å². The van der Waals surface area contributed by atoms with Crippen molar-refractivity contribution in [1.82, 2.24) is 10.0 Å². The van der Waals surface area contributed by atoms with Crippen LogP contribution in [-0.4, -0.2) is 60.0 Å². The minimum atomic E-state index is -4.91. The molecule has 2 N–H and O–H groups in total. The summed E-state index contributed by atoms with van der Waals surface area (Å²) in [6.07, 6.45) is -4.91. The molecule has 0 aromatic heterocycles. The molecule has 0 heterocycles. The third-order valence-corrected chi connectivity index (χ3v) is 4.94. The number of nitrogens with one attached hydrogen (secondary N) is 2. The largest absolute Gasteiger partial charge is 0.471 e. The average molecular weight is 412 g/mol. The molecular formula is C16H23F3N2O5S. The molecule has 1 aromatic rings. The first-order valence-electron chi connectivity index (χ1n) is 8.11. The van der Waals surface area contributed by atoms with Crippen LogP contribution in [0.15, 0.2) is 23.1 Å². The first-order valence-corrected chi connectivity index (χ1v) is 9.60. The molecule has 1 amide bonds. The topological polar surface area (TPSA) is 93.7 Å². The number of carbonyl (C=O) groups excluding carboxylic acids is 1. The zero-order chi connectivity index (χ0) is 20.5. The molecule has 1 rings (SSSR count). The van der Waals surface area contributed by atoms with E-state index in [9.17, 15) is 26.4 Å². The van der Waals surface area contributed by atoms with E-state index in [-0.39, 0.29) is 44.4 Å². The molecule has 0 spiro atoms.